The van der Waals surface area contributed by atoms with Crippen LogP contribution >= 0.6 is 0 Å². The van der Waals surface area contributed by atoms with E-state index in [9.17, 15) is 0 Å². The molecule has 4 heteroatoms. The van der Waals surface area contributed by atoms with Crippen LogP contribution in [0.25, 0.3) is 11.4 Å². The van der Waals surface area contributed by atoms with Crippen molar-refractivity contribution in [1.82, 2.24) is 15.0 Å². The van der Waals surface area contributed by atoms with Crippen LogP contribution < -0.4 is 5.32 Å². The number of aromatic nitrogens is 3. The zero-order valence-electron chi connectivity index (χ0n) is 13.4. The molecule has 0 aliphatic heterocycles. The Labute approximate surface area is 127 Å². The second-order valence-corrected chi connectivity index (χ2v) is 5.13. The Kier molecular flexibility index (Phi) is 5.26. The summed E-state index contributed by atoms with van der Waals surface area (Å²) in [7, 11) is 0. The van der Waals surface area contributed by atoms with E-state index in [0.717, 1.165) is 48.7 Å². The monoisotopic (exact) mass is 284 g/mol. The van der Waals surface area contributed by atoms with Crippen molar-refractivity contribution in [3.8, 4) is 11.4 Å². The SMILES string of the molecule is CCCNc1nc(-c2ccncc2CC)nc(C)c1CC. The van der Waals surface area contributed by atoms with Crippen LogP contribution in [0.5, 0.6) is 0 Å². The van der Waals surface area contributed by atoms with E-state index < -0.39 is 0 Å². The van der Waals surface area contributed by atoms with Gasteiger partial charge in [-0.3, -0.25) is 4.98 Å². The Hall–Kier alpha value is -1.97. The molecular formula is C17H24N4. The largest absolute Gasteiger partial charge is 0.370 e. The molecule has 0 saturated carbocycles. The molecule has 0 aromatic carbocycles. The lowest BCUT2D eigenvalue weighted by Gasteiger charge is -2.14. The van der Waals surface area contributed by atoms with Gasteiger partial charge in [-0.15, -0.1) is 0 Å². The van der Waals surface area contributed by atoms with Crippen molar-refractivity contribution in [2.75, 3.05) is 11.9 Å². The van der Waals surface area contributed by atoms with Gasteiger partial charge in [0.05, 0.1) is 0 Å². The molecule has 0 radical (unpaired) electrons. The standard InChI is InChI=1S/C17H24N4/c1-5-9-19-16-14(7-3)12(4)20-17(21-16)15-8-10-18-11-13(15)6-2/h8,10-11H,5-7,9H2,1-4H3,(H,19,20,21). The Morgan fingerprint density at radius 3 is 2.57 bits per heavy atom. The molecular weight excluding hydrogens is 260 g/mol. The number of rotatable bonds is 6. The smallest absolute Gasteiger partial charge is 0.162 e. The summed E-state index contributed by atoms with van der Waals surface area (Å²) in [5.41, 5.74) is 4.53. The third kappa shape index (κ3) is 3.38. The topological polar surface area (TPSA) is 50.7 Å². The normalized spacial score (nSPS) is 10.7. The molecule has 2 heterocycles. The van der Waals surface area contributed by atoms with Gasteiger partial charge in [-0.2, -0.15) is 0 Å². The van der Waals surface area contributed by atoms with E-state index in [-0.39, 0.29) is 0 Å². The van der Waals surface area contributed by atoms with Crippen LogP contribution in [0.15, 0.2) is 18.5 Å². The highest BCUT2D eigenvalue weighted by atomic mass is 15.0. The van der Waals surface area contributed by atoms with E-state index in [1.54, 1.807) is 6.20 Å². The van der Waals surface area contributed by atoms with Gasteiger partial charge < -0.3 is 5.32 Å². The van der Waals surface area contributed by atoms with E-state index in [1.807, 2.05) is 12.3 Å². The molecule has 21 heavy (non-hydrogen) atoms. The van der Waals surface area contributed by atoms with Crippen LogP contribution in [0, 0.1) is 6.92 Å². The molecule has 2 aromatic heterocycles. The van der Waals surface area contributed by atoms with Crippen LogP contribution in [0.4, 0.5) is 5.82 Å². The molecule has 0 unspecified atom stereocenters. The zero-order valence-corrected chi connectivity index (χ0v) is 13.4. The van der Waals surface area contributed by atoms with Gasteiger partial charge in [-0.25, -0.2) is 9.97 Å². The molecule has 0 saturated heterocycles. The van der Waals surface area contributed by atoms with Gasteiger partial charge in [0.15, 0.2) is 5.82 Å². The van der Waals surface area contributed by atoms with Crippen molar-refractivity contribution in [3.63, 3.8) is 0 Å². The van der Waals surface area contributed by atoms with Crippen molar-refractivity contribution in [1.29, 1.82) is 0 Å². The Morgan fingerprint density at radius 1 is 1.10 bits per heavy atom. The molecule has 0 spiro atoms. The third-order valence-electron chi connectivity index (χ3n) is 3.64. The van der Waals surface area contributed by atoms with Crippen molar-refractivity contribution in [2.24, 2.45) is 0 Å². The second-order valence-electron chi connectivity index (χ2n) is 5.13. The fraction of sp³-hybridized carbons (Fsp3) is 0.471. The van der Waals surface area contributed by atoms with Gasteiger partial charge in [0.25, 0.3) is 0 Å². The molecule has 112 valence electrons. The van der Waals surface area contributed by atoms with E-state index >= 15 is 0 Å². The van der Waals surface area contributed by atoms with Crippen LogP contribution in [-0.4, -0.2) is 21.5 Å². The number of nitrogens with zero attached hydrogens (tertiary/aromatic N) is 3. The predicted molar refractivity (Wildman–Crippen MR) is 87.5 cm³/mol. The van der Waals surface area contributed by atoms with E-state index in [2.05, 4.69) is 38.0 Å². The first-order valence-electron chi connectivity index (χ1n) is 7.75. The van der Waals surface area contributed by atoms with Crippen molar-refractivity contribution >= 4 is 5.82 Å². The molecule has 0 bridgehead atoms. The molecule has 2 aromatic rings. The number of pyridine rings is 1. The van der Waals surface area contributed by atoms with Crippen molar-refractivity contribution < 1.29 is 0 Å². The predicted octanol–water partition coefficient (Wildman–Crippen LogP) is 3.79. The molecule has 4 nitrogen and oxygen atoms in total. The Balaban J connectivity index is 2.52. The number of hydrogen-bond donors (Lipinski definition) is 1. The Bertz CT molecular complexity index is 608. The maximum Gasteiger partial charge on any atom is 0.162 e. The molecule has 0 atom stereocenters. The Morgan fingerprint density at radius 2 is 1.90 bits per heavy atom. The summed E-state index contributed by atoms with van der Waals surface area (Å²) in [6.07, 6.45) is 6.66. The summed E-state index contributed by atoms with van der Waals surface area (Å²) in [5, 5.41) is 3.44. The summed E-state index contributed by atoms with van der Waals surface area (Å²) >= 11 is 0. The van der Waals surface area contributed by atoms with Gasteiger partial charge in [0.1, 0.15) is 5.82 Å². The zero-order chi connectivity index (χ0) is 15.2. The van der Waals surface area contributed by atoms with Crippen molar-refractivity contribution in [3.05, 3.63) is 35.3 Å². The quantitative estimate of drug-likeness (QED) is 0.876. The van der Waals surface area contributed by atoms with E-state index in [0.29, 0.717) is 0 Å². The van der Waals surface area contributed by atoms with Crippen LogP contribution in [0.3, 0.4) is 0 Å². The lowest BCUT2D eigenvalue weighted by Crippen LogP contribution is -2.09. The average Bonchev–Trinajstić information content (AvgIpc) is 2.52. The summed E-state index contributed by atoms with van der Waals surface area (Å²) in [6, 6.07) is 2.00. The van der Waals surface area contributed by atoms with Crippen LogP contribution in [0.2, 0.25) is 0 Å². The van der Waals surface area contributed by atoms with Gasteiger partial charge in [-0.1, -0.05) is 20.8 Å². The molecule has 2 rings (SSSR count). The molecule has 0 aliphatic rings. The highest BCUT2D eigenvalue weighted by Gasteiger charge is 2.13. The highest BCUT2D eigenvalue weighted by Crippen LogP contribution is 2.25. The molecule has 0 fully saturated rings. The second kappa shape index (κ2) is 7.16. The minimum atomic E-state index is 0.794. The van der Waals surface area contributed by atoms with Gasteiger partial charge in [0.2, 0.25) is 0 Å². The number of aryl methyl sites for hydroxylation is 2. The molecule has 1 N–H and O–H groups in total. The summed E-state index contributed by atoms with van der Waals surface area (Å²) in [6.45, 7) is 9.43. The summed E-state index contributed by atoms with van der Waals surface area (Å²) in [5.74, 6) is 1.77. The lowest BCUT2D eigenvalue weighted by atomic mass is 10.1. The summed E-state index contributed by atoms with van der Waals surface area (Å²) in [4.78, 5) is 13.7. The maximum atomic E-state index is 4.77. The minimum Gasteiger partial charge on any atom is -0.370 e. The van der Waals surface area contributed by atoms with Crippen LogP contribution in [-0.2, 0) is 12.8 Å². The fourth-order valence-electron chi connectivity index (χ4n) is 2.46. The average molecular weight is 284 g/mol. The molecule has 0 aliphatic carbocycles. The van der Waals surface area contributed by atoms with E-state index in [4.69, 9.17) is 9.97 Å². The highest BCUT2D eigenvalue weighted by molar-refractivity contribution is 5.63. The first-order chi connectivity index (χ1) is 10.2. The van der Waals surface area contributed by atoms with Crippen LogP contribution in [0.1, 0.15) is 44.0 Å². The minimum absolute atomic E-state index is 0.794. The maximum absolute atomic E-state index is 4.77. The number of anilines is 1. The molecule has 0 amide bonds. The number of hydrogen-bond acceptors (Lipinski definition) is 4. The van der Waals surface area contributed by atoms with Gasteiger partial charge >= 0.3 is 0 Å². The first-order valence-corrected chi connectivity index (χ1v) is 7.75. The van der Waals surface area contributed by atoms with Crippen molar-refractivity contribution in [2.45, 2.75) is 47.0 Å². The summed E-state index contributed by atoms with van der Waals surface area (Å²) < 4.78 is 0. The number of nitrogens with one attached hydrogen (secondary N) is 1. The van der Waals surface area contributed by atoms with Gasteiger partial charge in [-0.05, 0) is 37.8 Å². The lowest BCUT2D eigenvalue weighted by molar-refractivity contribution is 0.936. The van der Waals surface area contributed by atoms with Gasteiger partial charge in [0, 0.05) is 35.8 Å². The fourth-order valence-corrected chi connectivity index (χ4v) is 2.46. The third-order valence-corrected chi connectivity index (χ3v) is 3.64. The first kappa shape index (κ1) is 15.4. The van der Waals surface area contributed by atoms with E-state index in [1.165, 1.54) is 11.1 Å².